The summed E-state index contributed by atoms with van der Waals surface area (Å²) >= 11 is 0. The summed E-state index contributed by atoms with van der Waals surface area (Å²) in [4.78, 5) is 13.1. The third-order valence-corrected chi connectivity index (χ3v) is 2.35. The van der Waals surface area contributed by atoms with Crippen molar-refractivity contribution < 1.29 is 9.90 Å². The lowest BCUT2D eigenvalue weighted by Crippen LogP contribution is -2.31. The van der Waals surface area contributed by atoms with Crippen LogP contribution >= 0.6 is 0 Å². The number of nitrogens with zero attached hydrogens (tertiary/aromatic N) is 1. The summed E-state index contributed by atoms with van der Waals surface area (Å²) in [6, 6.07) is 0. The molecule has 1 radical (unpaired) electrons. The van der Waals surface area contributed by atoms with Crippen LogP contribution in [-0.4, -0.2) is 30.0 Å². The van der Waals surface area contributed by atoms with Gasteiger partial charge in [-0.1, -0.05) is 0 Å². The van der Waals surface area contributed by atoms with Crippen LogP contribution in [0.4, 0.5) is 0 Å². The van der Waals surface area contributed by atoms with Gasteiger partial charge in [0.25, 0.3) is 0 Å². The zero-order chi connectivity index (χ0) is 9.14. The standard InChI is InChI=1S/C9H16NO2/c1-10(2)9(12)7-3-5-8(11)6-4-7/h7,11H,3-6H2,1-2H3. The molecule has 1 amide bonds. The van der Waals surface area contributed by atoms with Crippen molar-refractivity contribution in [1.29, 1.82) is 0 Å². The van der Waals surface area contributed by atoms with Gasteiger partial charge in [0.05, 0.1) is 6.10 Å². The fraction of sp³-hybridized carbons (Fsp3) is 0.778. The molecular weight excluding hydrogens is 154 g/mol. The second kappa shape index (κ2) is 3.90. The Kier molecular flexibility index (Phi) is 3.09. The first kappa shape index (κ1) is 9.52. The number of hydrogen-bond acceptors (Lipinski definition) is 2. The van der Waals surface area contributed by atoms with Gasteiger partial charge in [-0.25, -0.2) is 0 Å². The van der Waals surface area contributed by atoms with Crippen molar-refractivity contribution in [3.8, 4) is 0 Å². The molecule has 1 N–H and O–H groups in total. The van der Waals surface area contributed by atoms with E-state index in [-0.39, 0.29) is 11.8 Å². The second-order valence-electron chi connectivity index (χ2n) is 3.57. The Labute approximate surface area is 73.4 Å². The van der Waals surface area contributed by atoms with Gasteiger partial charge in [-0.3, -0.25) is 4.79 Å². The van der Waals surface area contributed by atoms with Crippen molar-refractivity contribution in [2.75, 3.05) is 14.1 Å². The van der Waals surface area contributed by atoms with Gasteiger partial charge < -0.3 is 10.0 Å². The van der Waals surface area contributed by atoms with E-state index in [1.807, 2.05) is 0 Å². The lowest BCUT2D eigenvalue weighted by atomic mass is 9.87. The minimum absolute atomic E-state index is 0.135. The summed E-state index contributed by atoms with van der Waals surface area (Å²) in [5, 5.41) is 9.14. The predicted molar refractivity (Wildman–Crippen MR) is 45.8 cm³/mol. The Morgan fingerprint density at radius 1 is 1.42 bits per heavy atom. The Morgan fingerprint density at radius 2 is 1.92 bits per heavy atom. The van der Waals surface area contributed by atoms with E-state index in [1.54, 1.807) is 19.0 Å². The third kappa shape index (κ3) is 2.21. The average Bonchev–Trinajstić information content (AvgIpc) is 2.04. The molecule has 3 heteroatoms. The van der Waals surface area contributed by atoms with Gasteiger partial charge in [0.1, 0.15) is 0 Å². The van der Waals surface area contributed by atoms with Crippen LogP contribution in [0, 0.1) is 12.0 Å². The fourth-order valence-electron chi connectivity index (χ4n) is 1.56. The largest absolute Gasteiger partial charge is 0.387 e. The van der Waals surface area contributed by atoms with E-state index in [1.165, 1.54) is 0 Å². The number of rotatable bonds is 1. The van der Waals surface area contributed by atoms with Gasteiger partial charge in [-0.15, -0.1) is 0 Å². The minimum Gasteiger partial charge on any atom is -0.387 e. The first-order valence-electron chi connectivity index (χ1n) is 4.36. The Balaban J connectivity index is 2.39. The van der Waals surface area contributed by atoms with Crippen LogP contribution in [0.3, 0.4) is 0 Å². The van der Waals surface area contributed by atoms with Gasteiger partial charge in [-0.05, 0) is 25.7 Å². The quantitative estimate of drug-likeness (QED) is 0.641. The number of amides is 1. The molecule has 1 aliphatic rings. The van der Waals surface area contributed by atoms with E-state index in [0.29, 0.717) is 18.9 Å². The molecule has 0 aromatic heterocycles. The van der Waals surface area contributed by atoms with Crippen molar-refractivity contribution in [2.45, 2.75) is 25.7 Å². The molecule has 1 aliphatic carbocycles. The smallest absolute Gasteiger partial charge is 0.225 e. The molecular formula is C9H16NO2. The molecule has 1 fully saturated rings. The molecule has 3 nitrogen and oxygen atoms in total. The summed E-state index contributed by atoms with van der Waals surface area (Å²) in [7, 11) is 3.56. The molecule has 1 saturated carbocycles. The number of carbonyl (C=O) groups is 1. The predicted octanol–water partition coefficient (Wildman–Crippen LogP) is 1.17. The maximum atomic E-state index is 11.4. The summed E-state index contributed by atoms with van der Waals surface area (Å²) < 4.78 is 0. The highest BCUT2D eigenvalue weighted by Crippen LogP contribution is 2.28. The van der Waals surface area contributed by atoms with Crippen LogP contribution in [0.1, 0.15) is 25.7 Å². The molecule has 1 rings (SSSR count). The Hall–Kier alpha value is -0.570. The molecule has 69 valence electrons. The topological polar surface area (TPSA) is 40.5 Å². The van der Waals surface area contributed by atoms with E-state index in [9.17, 15) is 4.79 Å². The summed E-state index contributed by atoms with van der Waals surface area (Å²) in [6.45, 7) is 0. The van der Waals surface area contributed by atoms with Crippen molar-refractivity contribution in [3.05, 3.63) is 6.10 Å². The monoisotopic (exact) mass is 170 g/mol. The Morgan fingerprint density at radius 3 is 2.33 bits per heavy atom. The Bertz CT molecular complexity index is 160. The number of aliphatic hydroxyl groups excluding tert-OH is 1. The van der Waals surface area contributed by atoms with Crippen molar-refractivity contribution in [3.63, 3.8) is 0 Å². The van der Waals surface area contributed by atoms with Crippen LogP contribution in [0.5, 0.6) is 0 Å². The van der Waals surface area contributed by atoms with Gasteiger partial charge in [0.2, 0.25) is 5.91 Å². The highest BCUT2D eigenvalue weighted by molar-refractivity contribution is 5.78. The average molecular weight is 170 g/mol. The first-order valence-corrected chi connectivity index (χ1v) is 4.36. The molecule has 0 heterocycles. The van der Waals surface area contributed by atoms with Crippen molar-refractivity contribution in [2.24, 2.45) is 5.92 Å². The normalized spacial score (nSPS) is 20.9. The van der Waals surface area contributed by atoms with E-state index in [0.717, 1.165) is 12.8 Å². The maximum Gasteiger partial charge on any atom is 0.225 e. The molecule has 0 atom stereocenters. The summed E-state index contributed by atoms with van der Waals surface area (Å²) in [5.41, 5.74) is 0. The van der Waals surface area contributed by atoms with Crippen LogP contribution in [-0.2, 0) is 4.79 Å². The summed E-state index contributed by atoms with van der Waals surface area (Å²) in [5.74, 6) is 0.332. The SMILES string of the molecule is CN(C)C(=O)C1CC[C](O)CC1. The molecule has 0 aliphatic heterocycles. The van der Waals surface area contributed by atoms with Gasteiger partial charge >= 0.3 is 0 Å². The molecule has 0 bridgehead atoms. The van der Waals surface area contributed by atoms with Gasteiger partial charge in [0, 0.05) is 20.0 Å². The number of aliphatic hydroxyl groups is 1. The van der Waals surface area contributed by atoms with E-state index < -0.39 is 0 Å². The summed E-state index contributed by atoms with van der Waals surface area (Å²) in [6.07, 6.45) is 3.57. The van der Waals surface area contributed by atoms with Crippen molar-refractivity contribution >= 4 is 5.91 Å². The highest BCUT2D eigenvalue weighted by atomic mass is 16.3. The third-order valence-electron chi connectivity index (χ3n) is 2.35. The fourth-order valence-corrected chi connectivity index (χ4v) is 1.56. The molecule has 0 spiro atoms. The molecule has 0 saturated heterocycles. The van der Waals surface area contributed by atoms with Crippen molar-refractivity contribution in [1.82, 2.24) is 4.90 Å². The lowest BCUT2D eigenvalue weighted by Gasteiger charge is -2.26. The van der Waals surface area contributed by atoms with Gasteiger partial charge in [-0.2, -0.15) is 0 Å². The molecule has 12 heavy (non-hydrogen) atoms. The van der Waals surface area contributed by atoms with Crippen LogP contribution in [0.15, 0.2) is 0 Å². The van der Waals surface area contributed by atoms with Gasteiger partial charge in [0.15, 0.2) is 0 Å². The van der Waals surface area contributed by atoms with E-state index in [2.05, 4.69) is 0 Å². The maximum absolute atomic E-state index is 11.4. The molecule has 0 unspecified atom stereocenters. The number of hydrogen-bond donors (Lipinski definition) is 1. The highest BCUT2D eigenvalue weighted by Gasteiger charge is 2.26. The van der Waals surface area contributed by atoms with Crippen LogP contribution in [0.25, 0.3) is 0 Å². The zero-order valence-corrected chi connectivity index (χ0v) is 7.71. The second-order valence-corrected chi connectivity index (χ2v) is 3.57. The van der Waals surface area contributed by atoms with Crippen LogP contribution < -0.4 is 0 Å². The zero-order valence-electron chi connectivity index (χ0n) is 7.71. The lowest BCUT2D eigenvalue weighted by molar-refractivity contribution is -0.134. The first-order chi connectivity index (χ1) is 5.61. The van der Waals surface area contributed by atoms with E-state index >= 15 is 0 Å². The molecule has 0 aromatic carbocycles. The molecule has 0 aromatic rings. The van der Waals surface area contributed by atoms with E-state index in [4.69, 9.17) is 5.11 Å². The minimum atomic E-state index is 0.135. The number of carbonyl (C=O) groups excluding carboxylic acids is 1. The van der Waals surface area contributed by atoms with Crippen LogP contribution in [0.2, 0.25) is 0 Å².